The van der Waals surface area contributed by atoms with E-state index in [1.54, 1.807) is 0 Å². The molecule has 0 unspecified atom stereocenters. The predicted octanol–water partition coefficient (Wildman–Crippen LogP) is 4.41. The van der Waals surface area contributed by atoms with Gasteiger partial charge in [0.25, 0.3) is 0 Å². The summed E-state index contributed by atoms with van der Waals surface area (Å²) in [6.07, 6.45) is -0.442. The Hall–Kier alpha value is -5.17. The van der Waals surface area contributed by atoms with E-state index in [0.29, 0.717) is 5.69 Å². The number of carbonyl (C=O) groups excluding carboxylic acids is 4. The van der Waals surface area contributed by atoms with Gasteiger partial charge in [0.2, 0.25) is 17.7 Å². The van der Waals surface area contributed by atoms with E-state index in [2.05, 4.69) is 16.7 Å². The standard InChI is InChI=1S/C36H39N5O5/c1-35(2,3)30(39-34(45)46-22-25-15-9-6-10-16-25)32(43)40(4)29(19-24-13-7-5-8-14-24)31(42)41-23-36(20-26(41)21-37)27-17-11-12-18-28(27)38-33(36)44/h5-18,26,29-30H,19-20,22-23H2,1-4H3,(H,38,44)(H,39,45)/t26-,29-,30+,36-/m0/s1. The largest absolute Gasteiger partial charge is 0.445 e. The third kappa shape index (κ3) is 6.45. The average molecular weight is 622 g/mol. The number of nitrogens with zero attached hydrogens (tertiary/aromatic N) is 3. The summed E-state index contributed by atoms with van der Waals surface area (Å²) in [6.45, 7) is 5.50. The van der Waals surface area contributed by atoms with Crippen LogP contribution >= 0.6 is 0 Å². The minimum absolute atomic E-state index is 0.00693. The number of para-hydroxylation sites is 1. The van der Waals surface area contributed by atoms with E-state index in [-0.39, 0.29) is 31.9 Å². The second-order valence-corrected chi connectivity index (χ2v) is 13.1. The number of nitrogens with one attached hydrogen (secondary N) is 2. The van der Waals surface area contributed by atoms with Crippen molar-refractivity contribution in [1.29, 1.82) is 5.26 Å². The summed E-state index contributed by atoms with van der Waals surface area (Å²) in [7, 11) is 1.54. The van der Waals surface area contributed by atoms with E-state index in [9.17, 15) is 24.4 Å². The van der Waals surface area contributed by atoms with Crippen molar-refractivity contribution in [3.63, 3.8) is 0 Å². The van der Waals surface area contributed by atoms with Crippen LogP contribution in [0.3, 0.4) is 0 Å². The van der Waals surface area contributed by atoms with Gasteiger partial charge in [-0.15, -0.1) is 0 Å². The van der Waals surface area contributed by atoms with Crippen molar-refractivity contribution >= 4 is 29.5 Å². The molecule has 238 valence electrons. The van der Waals surface area contributed by atoms with Gasteiger partial charge in [0, 0.05) is 32.1 Å². The van der Waals surface area contributed by atoms with Gasteiger partial charge < -0.3 is 25.2 Å². The molecule has 10 nitrogen and oxygen atoms in total. The number of amides is 4. The Bertz CT molecular complexity index is 1650. The number of fused-ring (bicyclic) bond motifs is 2. The number of likely N-dealkylation sites (tertiary alicyclic amines) is 1. The van der Waals surface area contributed by atoms with Crippen LogP contribution < -0.4 is 10.6 Å². The van der Waals surface area contributed by atoms with Gasteiger partial charge in [-0.3, -0.25) is 14.4 Å². The highest BCUT2D eigenvalue weighted by molar-refractivity contribution is 6.07. The summed E-state index contributed by atoms with van der Waals surface area (Å²) in [5.41, 5.74) is 1.24. The van der Waals surface area contributed by atoms with Crippen LogP contribution in [0.2, 0.25) is 0 Å². The molecule has 0 saturated carbocycles. The Morgan fingerprint density at radius 3 is 2.26 bits per heavy atom. The molecule has 1 saturated heterocycles. The number of hydrogen-bond acceptors (Lipinski definition) is 6. The number of ether oxygens (including phenoxy) is 1. The molecule has 3 aromatic rings. The topological polar surface area (TPSA) is 132 Å². The smallest absolute Gasteiger partial charge is 0.408 e. The number of benzene rings is 3. The summed E-state index contributed by atoms with van der Waals surface area (Å²) in [6, 6.07) is 25.1. The number of alkyl carbamates (subject to hydrolysis) is 1. The maximum Gasteiger partial charge on any atom is 0.408 e. The van der Waals surface area contributed by atoms with E-state index >= 15 is 0 Å². The molecule has 10 heteroatoms. The molecule has 4 atom stereocenters. The molecule has 0 bridgehead atoms. The lowest BCUT2D eigenvalue weighted by Gasteiger charge is -2.37. The van der Waals surface area contributed by atoms with Crippen LogP contribution in [0.4, 0.5) is 10.5 Å². The molecule has 2 heterocycles. The zero-order valence-electron chi connectivity index (χ0n) is 26.5. The monoisotopic (exact) mass is 621 g/mol. The minimum atomic E-state index is -1.06. The molecular formula is C36H39N5O5. The van der Waals surface area contributed by atoms with Gasteiger partial charge in [-0.25, -0.2) is 4.79 Å². The van der Waals surface area contributed by atoms with Gasteiger partial charge in [-0.2, -0.15) is 5.26 Å². The number of anilines is 1. The van der Waals surface area contributed by atoms with E-state index in [1.807, 2.05) is 106 Å². The summed E-state index contributed by atoms with van der Waals surface area (Å²) in [4.78, 5) is 57.8. The first-order chi connectivity index (χ1) is 21.9. The van der Waals surface area contributed by atoms with Crippen molar-refractivity contribution in [1.82, 2.24) is 15.1 Å². The molecule has 2 N–H and O–H groups in total. The lowest BCUT2D eigenvalue weighted by molar-refractivity contribution is -0.147. The number of likely N-dealkylation sites (N-methyl/N-ethyl adjacent to an activating group) is 1. The Morgan fingerprint density at radius 2 is 1.63 bits per heavy atom. The summed E-state index contributed by atoms with van der Waals surface area (Å²) in [5, 5.41) is 15.8. The highest BCUT2D eigenvalue weighted by Crippen LogP contribution is 2.46. The number of rotatable bonds is 8. The number of nitriles is 1. The third-order valence-corrected chi connectivity index (χ3v) is 8.88. The Kier molecular flexibility index (Phi) is 9.15. The first-order valence-electron chi connectivity index (χ1n) is 15.3. The van der Waals surface area contributed by atoms with Gasteiger partial charge in [0.15, 0.2) is 0 Å². The molecule has 0 aliphatic carbocycles. The molecule has 2 aliphatic rings. The zero-order chi connectivity index (χ0) is 33.1. The van der Waals surface area contributed by atoms with Crippen molar-refractivity contribution in [2.24, 2.45) is 5.41 Å². The molecule has 4 amide bonds. The minimum Gasteiger partial charge on any atom is -0.445 e. The maximum absolute atomic E-state index is 14.5. The van der Waals surface area contributed by atoms with Crippen LogP contribution in [-0.4, -0.2) is 65.3 Å². The van der Waals surface area contributed by atoms with Crippen LogP contribution in [0.5, 0.6) is 0 Å². The first kappa shape index (κ1) is 32.2. The fourth-order valence-electron chi connectivity index (χ4n) is 6.29. The van der Waals surface area contributed by atoms with Crippen molar-refractivity contribution in [2.75, 3.05) is 18.9 Å². The van der Waals surface area contributed by atoms with Gasteiger partial charge in [0.05, 0.1) is 11.5 Å². The van der Waals surface area contributed by atoms with Gasteiger partial charge in [-0.1, -0.05) is 99.6 Å². The molecule has 1 spiro atoms. The molecular weight excluding hydrogens is 582 g/mol. The molecule has 0 radical (unpaired) electrons. The first-order valence-corrected chi connectivity index (χ1v) is 15.3. The Balaban J connectivity index is 1.42. The molecule has 2 aliphatic heterocycles. The number of carbonyl (C=O) groups is 4. The van der Waals surface area contributed by atoms with Crippen LogP contribution in [0, 0.1) is 16.7 Å². The molecule has 1 fully saturated rings. The van der Waals surface area contributed by atoms with Crippen molar-refractivity contribution in [2.45, 2.75) is 63.8 Å². The summed E-state index contributed by atoms with van der Waals surface area (Å²) in [5.74, 6) is -1.18. The summed E-state index contributed by atoms with van der Waals surface area (Å²) >= 11 is 0. The van der Waals surface area contributed by atoms with E-state index in [4.69, 9.17) is 4.74 Å². The zero-order valence-corrected chi connectivity index (χ0v) is 26.5. The van der Waals surface area contributed by atoms with Crippen molar-refractivity contribution < 1.29 is 23.9 Å². The SMILES string of the molecule is CN(C(=O)[C@@H](NC(=O)OCc1ccccc1)C(C)(C)C)[C@@H](Cc1ccccc1)C(=O)N1C[C@]2(C[C@H]1C#N)C(=O)Nc1ccccc12. The van der Waals surface area contributed by atoms with Gasteiger partial charge in [0.1, 0.15) is 24.7 Å². The lowest BCUT2D eigenvalue weighted by Crippen LogP contribution is -2.59. The van der Waals surface area contributed by atoms with Crippen molar-refractivity contribution in [3.05, 3.63) is 102 Å². The maximum atomic E-state index is 14.5. The molecule has 5 rings (SSSR count). The molecule has 3 aromatic carbocycles. The summed E-state index contributed by atoms with van der Waals surface area (Å²) < 4.78 is 5.42. The van der Waals surface area contributed by atoms with Crippen LogP contribution in [0.15, 0.2) is 84.9 Å². The van der Waals surface area contributed by atoms with Crippen molar-refractivity contribution in [3.8, 4) is 6.07 Å². The average Bonchev–Trinajstić information content (AvgIpc) is 3.58. The second-order valence-electron chi connectivity index (χ2n) is 13.1. The highest BCUT2D eigenvalue weighted by Gasteiger charge is 2.57. The van der Waals surface area contributed by atoms with Crippen LogP contribution in [-0.2, 0) is 37.6 Å². The van der Waals surface area contributed by atoms with Crippen LogP contribution in [0.25, 0.3) is 0 Å². The fourth-order valence-corrected chi connectivity index (χ4v) is 6.29. The quantitative estimate of drug-likeness (QED) is 0.383. The van der Waals surface area contributed by atoms with E-state index in [0.717, 1.165) is 16.7 Å². The highest BCUT2D eigenvalue weighted by atomic mass is 16.5. The van der Waals surface area contributed by atoms with E-state index in [1.165, 1.54) is 16.8 Å². The normalized spacial score (nSPS) is 19.8. The Morgan fingerprint density at radius 1 is 1.02 bits per heavy atom. The Labute approximate surface area is 269 Å². The van der Waals surface area contributed by atoms with Crippen LogP contribution in [0.1, 0.15) is 43.9 Å². The van der Waals surface area contributed by atoms with Gasteiger partial charge in [-0.05, 0) is 28.2 Å². The predicted molar refractivity (Wildman–Crippen MR) is 172 cm³/mol. The lowest BCUT2D eigenvalue weighted by atomic mass is 9.80. The van der Waals surface area contributed by atoms with E-state index < -0.39 is 46.9 Å². The second kappa shape index (κ2) is 13.1. The number of hydrogen-bond donors (Lipinski definition) is 2. The molecule has 46 heavy (non-hydrogen) atoms. The molecule has 0 aromatic heterocycles. The van der Waals surface area contributed by atoms with Gasteiger partial charge >= 0.3 is 6.09 Å². The fraction of sp³-hybridized carbons (Fsp3) is 0.361. The third-order valence-electron chi connectivity index (χ3n) is 8.88.